The molecule has 1 amide bonds. The van der Waals surface area contributed by atoms with Crippen molar-refractivity contribution in [3.05, 3.63) is 30.1 Å². The molecule has 1 rings (SSSR count). The minimum absolute atomic E-state index is 0.377. The Morgan fingerprint density at radius 1 is 1.62 bits per heavy atom. The van der Waals surface area contributed by atoms with Crippen molar-refractivity contribution in [2.45, 2.75) is 20.4 Å². The summed E-state index contributed by atoms with van der Waals surface area (Å²) in [6, 6.07) is 3.56. The van der Waals surface area contributed by atoms with E-state index >= 15 is 0 Å². The fourth-order valence-electron chi connectivity index (χ4n) is 1.20. The maximum atomic E-state index is 10.8. The smallest absolute Gasteiger partial charge is 0.254 e. The van der Waals surface area contributed by atoms with E-state index in [0.717, 1.165) is 6.54 Å². The molecule has 3 heteroatoms. The van der Waals surface area contributed by atoms with Crippen molar-refractivity contribution in [1.29, 1.82) is 0 Å². The zero-order chi connectivity index (χ0) is 9.84. The van der Waals surface area contributed by atoms with Crippen LogP contribution in [0.15, 0.2) is 24.5 Å². The van der Waals surface area contributed by atoms with Gasteiger partial charge in [0.2, 0.25) is 0 Å². The van der Waals surface area contributed by atoms with E-state index in [1.165, 1.54) is 0 Å². The van der Waals surface area contributed by atoms with Gasteiger partial charge in [0, 0.05) is 12.0 Å². The molecule has 13 heavy (non-hydrogen) atoms. The van der Waals surface area contributed by atoms with Gasteiger partial charge in [0.25, 0.3) is 5.91 Å². The first kappa shape index (κ1) is 9.71. The highest BCUT2D eigenvalue weighted by molar-refractivity contribution is 5.92. The lowest BCUT2D eigenvalue weighted by atomic mass is 10.2. The Bertz CT molecular complexity index is 308. The lowest BCUT2D eigenvalue weighted by Crippen LogP contribution is -2.36. The quantitative estimate of drug-likeness (QED) is 0.683. The van der Waals surface area contributed by atoms with Crippen LogP contribution in [0.5, 0.6) is 0 Å². The van der Waals surface area contributed by atoms with Gasteiger partial charge in [-0.05, 0) is 6.07 Å². The van der Waals surface area contributed by atoms with Gasteiger partial charge >= 0.3 is 0 Å². The number of hydrogen-bond acceptors (Lipinski definition) is 1. The zero-order valence-electron chi connectivity index (χ0n) is 8.03. The van der Waals surface area contributed by atoms with Gasteiger partial charge < -0.3 is 5.73 Å². The summed E-state index contributed by atoms with van der Waals surface area (Å²) in [4.78, 5) is 10.8. The van der Waals surface area contributed by atoms with E-state index in [1.54, 1.807) is 12.3 Å². The topological polar surface area (TPSA) is 47.0 Å². The average Bonchev–Trinajstić information content (AvgIpc) is 2.03. The minimum Gasteiger partial charge on any atom is -0.365 e. The summed E-state index contributed by atoms with van der Waals surface area (Å²) in [6.45, 7) is 5.16. The van der Waals surface area contributed by atoms with Crippen LogP contribution in [0.25, 0.3) is 0 Å². The number of aromatic nitrogens is 1. The van der Waals surface area contributed by atoms with Crippen molar-refractivity contribution in [2.24, 2.45) is 11.7 Å². The normalized spacial score (nSPS) is 10.4. The standard InChI is InChI=1S/C10H14N2O/c1-8(2)6-12-5-3-4-9(7-12)10(11)13/h3-5,7-8H,6H2,1-2H3,(H-,11,13)/p+1. The summed E-state index contributed by atoms with van der Waals surface area (Å²) in [7, 11) is 0. The Hall–Kier alpha value is -1.38. The van der Waals surface area contributed by atoms with Crippen LogP contribution in [-0.2, 0) is 6.54 Å². The highest BCUT2D eigenvalue weighted by atomic mass is 16.1. The second-order valence-corrected chi connectivity index (χ2v) is 3.55. The number of nitrogens with zero attached hydrogens (tertiary/aromatic N) is 1. The van der Waals surface area contributed by atoms with Crippen LogP contribution in [0.3, 0.4) is 0 Å². The number of primary amides is 1. The second-order valence-electron chi connectivity index (χ2n) is 3.55. The third kappa shape index (κ3) is 2.86. The molecule has 0 aliphatic rings. The Balaban J connectivity index is 2.85. The zero-order valence-corrected chi connectivity index (χ0v) is 8.03. The average molecular weight is 179 g/mol. The largest absolute Gasteiger partial charge is 0.365 e. The van der Waals surface area contributed by atoms with E-state index < -0.39 is 0 Å². The maximum absolute atomic E-state index is 10.8. The third-order valence-electron chi connectivity index (χ3n) is 1.72. The van der Waals surface area contributed by atoms with Gasteiger partial charge in [0.15, 0.2) is 18.9 Å². The first-order chi connectivity index (χ1) is 6.09. The van der Waals surface area contributed by atoms with Crippen molar-refractivity contribution in [2.75, 3.05) is 0 Å². The van der Waals surface area contributed by atoms with Crippen molar-refractivity contribution in [3.8, 4) is 0 Å². The van der Waals surface area contributed by atoms with Crippen molar-refractivity contribution in [3.63, 3.8) is 0 Å². The lowest BCUT2D eigenvalue weighted by Gasteiger charge is -2.00. The van der Waals surface area contributed by atoms with Crippen molar-refractivity contribution >= 4 is 5.91 Å². The van der Waals surface area contributed by atoms with E-state index in [4.69, 9.17) is 5.73 Å². The Morgan fingerprint density at radius 2 is 2.31 bits per heavy atom. The van der Waals surface area contributed by atoms with E-state index in [1.807, 2.05) is 16.8 Å². The monoisotopic (exact) mass is 179 g/mol. The maximum Gasteiger partial charge on any atom is 0.254 e. The molecule has 0 saturated heterocycles. The van der Waals surface area contributed by atoms with Crippen molar-refractivity contribution < 1.29 is 9.36 Å². The first-order valence-corrected chi connectivity index (χ1v) is 4.38. The van der Waals surface area contributed by atoms with Crippen LogP contribution in [-0.4, -0.2) is 5.91 Å². The van der Waals surface area contributed by atoms with Gasteiger partial charge in [0.1, 0.15) is 5.56 Å². The molecule has 0 fully saturated rings. The summed E-state index contributed by atoms with van der Waals surface area (Å²) in [5, 5.41) is 0. The SMILES string of the molecule is CC(C)C[n+]1cccc(C(N)=O)c1. The van der Waals surface area contributed by atoms with E-state index in [2.05, 4.69) is 13.8 Å². The van der Waals surface area contributed by atoms with Gasteiger partial charge in [-0.2, -0.15) is 0 Å². The molecule has 0 saturated carbocycles. The number of rotatable bonds is 3. The minimum atomic E-state index is -0.377. The number of hydrogen-bond donors (Lipinski definition) is 1. The van der Waals surface area contributed by atoms with Gasteiger partial charge in [0.05, 0.1) is 0 Å². The molecule has 0 radical (unpaired) electrons. The fourth-order valence-corrected chi connectivity index (χ4v) is 1.20. The molecular formula is C10H15N2O+. The van der Waals surface area contributed by atoms with E-state index in [-0.39, 0.29) is 5.91 Å². The molecule has 0 aromatic carbocycles. The van der Waals surface area contributed by atoms with Crippen LogP contribution in [0, 0.1) is 5.92 Å². The summed E-state index contributed by atoms with van der Waals surface area (Å²) in [6.07, 6.45) is 3.72. The lowest BCUT2D eigenvalue weighted by molar-refractivity contribution is -0.702. The van der Waals surface area contributed by atoms with E-state index in [0.29, 0.717) is 11.5 Å². The Kier molecular flexibility index (Phi) is 3.01. The van der Waals surface area contributed by atoms with Crippen LogP contribution in [0.1, 0.15) is 24.2 Å². The Morgan fingerprint density at radius 3 is 2.85 bits per heavy atom. The van der Waals surface area contributed by atoms with Crippen LogP contribution >= 0.6 is 0 Å². The summed E-state index contributed by atoms with van der Waals surface area (Å²) in [5.41, 5.74) is 5.72. The van der Waals surface area contributed by atoms with Crippen LogP contribution in [0.2, 0.25) is 0 Å². The van der Waals surface area contributed by atoms with Gasteiger partial charge in [-0.15, -0.1) is 0 Å². The second kappa shape index (κ2) is 4.03. The van der Waals surface area contributed by atoms with Crippen LogP contribution < -0.4 is 10.3 Å². The highest BCUT2D eigenvalue weighted by Crippen LogP contribution is 1.95. The molecule has 0 spiro atoms. The fraction of sp³-hybridized carbons (Fsp3) is 0.400. The molecule has 1 aromatic rings. The molecule has 0 atom stereocenters. The molecule has 0 aliphatic carbocycles. The van der Waals surface area contributed by atoms with Gasteiger partial charge in [-0.25, -0.2) is 4.57 Å². The third-order valence-corrected chi connectivity index (χ3v) is 1.72. The van der Waals surface area contributed by atoms with Gasteiger partial charge in [-0.1, -0.05) is 13.8 Å². The molecule has 0 aliphatic heterocycles. The molecule has 70 valence electrons. The number of pyridine rings is 1. The predicted octanol–water partition coefficient (Wildman–Crippen LogP) is 0.729. The number of carbonyl (C=O) groups excluding carboxylic acids is 1. The Labute approximate surface area is 78.2 Å². The first-order valence-electron chi connectivity index (χ1n) is 4.38. The molecule has 0 unspecified atom stereocenters. The number of nitrogens with two attached hydrogens (primary N) is 1. The predicted molar refractivity (Wildman–Crippen MR) is 50.0 cm³/mol. The van der Waals surface area contributed by atoms with Gasteiger partial charge in [-0.3, -0.25) is 4.79 Å². The molecule has 0 bridgehead atoms. The summed E-state index contributed by atoms with van der Waals surface area (Å²) < 4.78 is 1.98. The molecule has 3 nitrogen and oxygen atoms in total. The molecule has 1 heterocycles. The highest BCUT2D eigenvalue weighted by Gasteiger charge is 2.07. The molecular weight excluding hydrogens is 164 g/mol. The summed E-state index contributed by atoms with van der Waals surface area (Å²) in [5.74, 6) is 0.186. The van der Waals surface area contributed by atoms with Crippen molar-refractivity contribution in [1.82, 2.24) is 0 Å². The number of amides is 1. The summed E-state index contributed by atoms with van der Waals surface area (Å²) >= 11 is 0. The molecule has 2 N–H and O–H groups in total. The number of carbonyl (C=O) groups is 1. The van der Waals surface area contributed by atoms with Crippen LogP contribution in [0.4, 0.5) is 0 Å². The van der Waals surface area contributed by atoms with E-state index in [9.17, 15) is 4.79 Å². The molecule has 1 aromatic heterocycles.